The molecule has 2 aromatic carbocycles. The first-order valence-corrected chi connectivity index (χ1v) is 12.6. The van der Waals surface area contributed by atoms with Crippen molar-refractivity contribution in [2.24, 2.45) is 0 Å². The van der Waals surface area contributed by atoms with Crippen molar-refractivity contribution in [3.8, 4) is 11.1 Å². The average molecular weight is 503 g/mol. The number of nitrogens with one attached hydrogen (secondary N) is 4. The molecule has 9 nitrogen and oxygen atoms in total. The highest BCUT2D eigenvalue weighted by atomic mass is 32.1. The number of aryl methyl sites for hydroxylation is 2. The molecule has 0 aliphatic carbocycles. The molecule has 3 heterocycles. The lowest BCUT2D eigenvalue weighted by Gasteiger charge is -2.12. The summed E-state index contributed by atoms with van der Waals surface area (Å²) in [6.45, 7) is 2.16. The Labute approximate surface area is 211 Å². The second-order valence-electron chi connectivity index (χ2n) is 8.77. The molecule has 5 rings (SSSR count). The smallest absolute Gasteiger partial charge is 0.262 e. The number of benzene rings is 2. The molecule has 1 aliphatic rings. The molecule has 184 valence electrons. The van der Waals surface area contributed by atoms with E-state index in [1.165, 1.54) is 22.2 Å². The Hall–Kier alpha value is -3.86. The second-order valence-corrected chi connectivity index (χ2v) is 9.62. The molecule has 2 aromatic heterocycles. The molecule has 1 fully saturated rings. The van der Waals surface area contributed by atoms with E-state index >= 15 is 0 Å². The Bertz CT molecular complexity index is 1450. The number of hydrogen-bond acceptors (Lipinski definition) is 7. The van der Waals surface area contributed by atoms with Gasteiger partial charge < -0.3 is 0 Å². The summed E-state index contributed by atoms with van der Waals surface area (Å²) in [5, 5.41) is 2.48. The first-order chi connectivity index (χ1) is 17.5. The third-order valence-corrected chi connectivity index (χ3v) is 7.14. The molecule has 4 N–H and O–H groups in total. The van der Waals surface area contributed by atoms with Crippen molar-refractivity contribution in [1.82, 2.24) is 31.3 Å². The van der Waals surface area contributed by atoms with Crippen LogP contribution >= 0.6 is 11.3 Å². The zero-order valence-corrected chi connectivity index (χ0v) is 20.5. The van der Waals surface area contributed by atoms with Crippen LogP contribution in [0.3, 0.4) is 0 Å². The summed E-state index contributed by atoms with van der Waals surface area (Å²) < 4.78 is 1.43. The normalized spacial score (nSPS) is 17.2. The second kappa shape index (κ2) is 10.4. The van der Waals surface area contributed by atoms with E-state index in [0.717, 1.165) is 22.3 Å². The minimum atomic E-state index is -0.483. The van der Waals surface area contributed by atoms with Crippen molar-refractivity contribution < 1.29 is 9.59 Å². The fourth-order valence-corrected chi connectivity index (χ4v) is 5.11. The quantitative estimate of drug-likeness (QED) is 0.301. The predicted octanol–water partition coefficient (Wildman–Crippen LogP) is 2.58. The van der Waals surface area contributed by atoms with Gasteiger partial charge in [-0.15, -0.1) is 11.3 Å². The minimum absolute atomic E-state index is 0.00819. The van der Waals surface area contributed by atoms with Crippen LogP contribution in [0.5, 0.6) is 0 Å². The zero-order valence-electron chi connectivity index (χ0n) is 19.7. The highest BCUT2D eigenvalue weighted by Gasteiger charge is 2.30. The number of hydrazine groups is 2. The predicted molar refractivity (Wildman–Crippen MR) is 139 cm³/mol. The number of carbonyl (C=O) groups excluding carboxylic acids is 2. The molecule has 2 atom stereocenters. The van der Waals surface area contributed by atoms with Crippen molar-refractivity contribution in [2.45, 2.75) is 38.4 Å². The molecule has 36 heavy (non-hydrogen) atoms. The van der Waals surface area contributed by atoms with Crippen LogP contribution in [0.2, 0.25) is 0 Å². The maximum Gasteiger partial charge on any atom is 0.262 e. The van der Waals surface area contributed by atoms with E-state index < -0.39 is 11.9 Å². The number of thiophene rings is 1. The van der Waals surface area contributed by atoms with Gasteiger partial charge in [0.15, 0.2) is 0 Å². The number of aromatic nitrogens is 2. The molecule has 0 spiro atoms. The first kappa shape index (κ1) is 23.9. The molecule has 2 unspecified atom stereocenters. The van der Waals surface area contributed by atoms with Gasteiger partial charge in [-0.05, 0) is 24.5 Å². The molecule has 2 amide bonds. The Morgan fingerprint density at radius 2 is 1.86 bits per heavy atom. The van der Waals surface area contributed by atoms with E-state index in [1.807, 2.05) is 66.9 Å². The van der Waals surface area contributed by atoms with Crippen LogP contribution in [-0.2, 0) is 16.1 Å². The van der Waals surface area contributed by atoms with Gasteiger partial charge in [-0.1, -0.05) is 60.2 Å². The van der Waals surface area contributed by atoms with Crippen LogP contribution in [0.15, 0.2) is 71.1 Å². The summed E-state index contributed by atoms with van der Waals surface area (Å²) in [5.74, 6) is -0.736. The molecule has 4 aromatic rings. The van der Waals surface area contributed by atoms with Crippen molar-refractivity contribution in [2.75, 3.05) is 0 Å². The van der Waals surface area contributed by atoms with Gasteiger partial charge >= 0.3 is 0 Å². The molecule has 0 radical (unpaired) electrons. The summed E-state index contributed by atoms with van der Waals surface area (Å²) in [7, 11) is 0. The van der Waals surface area contributed by atoms with Gasteiger partial charge in [0, 0.05) is 30.0 Å². The number of fused-ring (bicyclic) bond motifs is 1. The Balaban J connectivity index is 1.17. The monoisotopic (exact) mass is 502 g/mol. The van der Waals surface area contributed by atoms with Crippen molar-refractivity contribution in [3.63, 3.8) is 0 Å². The molecule has 1 saturated heterocycles. The average Bonchev–Trinajstić information content (AvgIpc) is 3.56. The highest BCUT2D eigenvalue weighted by molar-refractivity contribution is 7.17. The molecule has 0 saturated carbocycles. The van der Waals surface area contributed by atoms with Crippen molar-refractivity contribution in [3.05, 3.63) is 87.8 Å². The SMILES string of the molecule is Cc1ccc(-c2csc3ncn(CCC(=O)NNC(=O)C4CC(c5ccccc5)NN4)c(=O)c23)cc1. The fourth-order valence-electron chi connectivity index (χ4n) is 4.21. The minimum Gasteiger partial charge on any atom is -0.298 e. The highest BCUT2D eigenvalue weighted by Crippen LogP contribution is 2.30. The number of nitrogens with zero attached hydrogens (tertiary/aromatic N) is 2. The number of amides is 2. The van der Waals surface area contributed by atoms with E-state index in [2.05, 4.69) is 26.7 Å². The summed E-state index contributed by atoms with van der Waals surface area (Å²) in [4.78, 5) is 43.1. The summed E-state index contributed by atoms with van der Waals surface area (Å²) in [6.07, 6.45) is 2.03. The van der Waals surface area contributed by atoms with Crippen LogP contribution < -0.4 is 27.3 Å². The largest absolute Gasteiger partial charge is 0.298 e. The summed E-state index contributed by atoms with van der Waals surface area (Å²) >= 11 is 1.42. The van der Waals surface area contributed by atoms with Crippen LogP contribution in [0, 0.1) is 6.92 Å². The lowest BCUT2D eigenvalue weighted by Crippen LogP contribution is -2.50. The van der Waals surface area contributed by atoms with Gasteiger partial charge in [0.2, 0.25) is 5.91 Å². The van der Waals surface area contributed by atoms with Crippen LogP contribution in [0.25, 0.3) is 21.3 Å². The van der Waals surface area contributed by atoms with Gasteiger partial charge in [-0.3, -0.25) is 29.8 Å². The lowest BCUT2D eigenvalue weighted by molar-refractivity contribution is -0.130. The van der Waals surface area contributed by atoms with Gasteiger partial charge in [-0.25, -0.2) is 15.8 Å². The molecular weight excluding hydrogens is 476 g/mol. The third-order valence-electron chi connectivity index (χ3n) is 6.25. The van der Waals surface area contributed by atoms with Crippen molar-refractivity contribution >= 4 is 33.4 Å². The van der Waals surface area contributed by atoms with Crippen LogP contribution in [0.1, 0.15) is 30.0 Å². The lowest BCUT2D eigenvalue weighted by atomic mass is 10.0. The molecule has 0 bridgehead atoms. The summed E-state index contributed by atoms with van der Waals surface area (Å²) in [6, 6.07) is 17.3. The van der Waals surface area contributed by atoms with Crippen LogP contribution in [0.4, 0.5) is 0 Å². The van der Waals surface area contributed by atoms with E-state index in [0.29, 0.717) is 16.6 Å². The topological polar surface area (TPSA) is 117 Å². The van der Waals surface area contributed by atoms with Gasteiger partial charge in [0.1, 0.15) is 10.9 Å². The van der Waals surface area contributed by atoms with E-state index in [4.69, 9.17) is 0 Å². The van der Waals surface area contributed by atoms with E-state index in [1.54, 1.807) is 0 Å². The number of carbonyl (C=O) groups is 2. The van der Waals surface area contributed by atoms with Crippen LogP contribution in [-0.4, -0.2) is 27.4 Å². The summed E-state index contributed by atoms with van der Waals surface area (Å²) in [5.41, 5.74) is 14.8. The Morgan fingerprint density at radius 1 is 1.08 bits per heavy atom. The van der Waals surface area contributed by atoms with Gasteiger partial charge in [0.05, 0.1) is 11.7 Å². The third kappa shape index (κ3) is 5.06. The fraction of sp³-hybridized carbons (Fsp3) is 0.231. The molecule has 1 aliphatic heterocycles. The van der Waals surface area contributed by atoms with E-state index in [-0.39, 0.29) is 30.5 Å². The maximum atomic E-state index is 13.2. The number of hydrogen-bond donors (Lipinski definition) is 4. The molecule has 10 heteroatoms. The Kier molecular flexibility index (Phi) is 6.90. The Morgan fingerprint density at radius 3 is 2.64 bits per heavy atom. The zero-order chi connectivity index (χ0) is 25.1. The van der Waals surface area contributed by atoms with Gasteiger partial charge in [0.25, 0.3) is 11.5 Å². The number of rotatable bonds is 6. The van der Waals surface area contributed by atoms with Crippen molar-refractivity contribution in [1.29, 1.82) is 0 Å². The first-order valence-electron chi connectivity index (χ1n) is 11.7. The van der Waals surface area contributed by atoms with Gasteiger partial charge in [-0.2, -0.15) is 0 Å². The van der Waals surface area contributed by atoms with E-state index in [9.17, 15) is 14.4 Å². The molecular formula is C26H26N6O3S. The maximum absolute atomic E-state index is 13.2. The standard InChI is InChI=1S/C26H26N6O3S/c1-16-7-9-17(10-8-16)19-14-36-25-23(19)26(35)32(15-27-25)12-11-22(33)30-31-24(34)21-13-20(28-29-21)18-5-3-2-4-6-18/h2-10,14-15,20-21,28-29H,11-13H2,1H3,(H,30,33)(H,31,34).